The lowest BCUT2D eigenvalue weighted by Crippen LogP contribution is -2.65. The van der Waals surface area contributed by atoms with Crippen molar-refractivity contribution in [1.29, 1.82) is 0 Å². The number of hydrogen-bond acceptors (Lipinski definition) is 5. The Morgan fingerprint density at radius 3 is 2.00 bits per heavy atom. The number of carbonyl (C=O) groups excluding carboxylic acids is 1. The van der Waals surface area contributed by atoms with Crippen molar-refractivity contribution in [3.8, 4) is 0 Å². The molecule has 0 aromatic heterocycles. The zero-order valence-corrected chi connectivity index (χ0v) is 34.7. The number of carbonyl (C=O) groups is 1. The molecule has 8 heteroatoms. The Kier molecular flexibility index (Phi) is 11.8. The van der Waals surface area contributed by atoms with Crippen LogP contribution in [0.3, 0.4) is 0 Å². The number of hydrogen-bond donors (Lipinski definition) is 0. The topological polar surface area (TPSA) is 54.0 Å². The van der Waals surface area contributed by atoms with E-state index in [-0.39, 0.29) is 17.5 Å². The molecule has 5 nitrogen and oxygen atoms in total. The predicted octanol–water partition coefficient (Wildman–Crippen LogP) is 10.3. The van der Waals surface area contributed by atoms with Crippen molar-refractivity contribution in [2.45, 2.75) is 175 Å². The Morgan fingerprint density at radius 2 is 1.40 bits per heavy atom. The zero-order chi connectivity index (χ0) is 33.6. The highest BCUT2D eigenvalue weighted by molar-refractivity contribution is 6.71. The van der Waals surface area contributed by atoms with Crippen LogP contribution in [0.5, 0.6) is 0 Å². The third-order valence-electron chi connectivity index (χ3n) is 14.4. The van der Waals surface area contributed by atoms with Gasteiger partial charge in [0.1, 0.15) is 0 Å². The number of fused-ring (bicyclic) bond motifs is 5. The van der Waals surface area contributed by atoms with Gasteiger partial charge in [-0.3, -0.25) is 4.79 Å². The van der Waals surface area contributed by atoms with E-state index in [1.165, 1.54) is 64.1 Å². The molecule has 0 aromatic carbocycles. The first kappa shape index (κ1) is 37.8. The molecule has 45 heavy (non-hydrogen) atoms. The summed E-state index contributed by atoms with van der Waals surface area (Å²) in [7, 11) is -3.69. The van der Waals surface area contributed by atoms with Gasteiger partial charge in [0.15, 0.2) is 25.0 Å². The molecule has 0 radical (unpaired) electrons. The van der Waals surface area contributed by atoms with Gasteiger partial charge >= 0.3 is 5.97 Å². The number of methoxy groups -OCH3 is 1. The van der Waals surface area contributed by atoms with Gasteiger partial charge in [-0.15, -0.1) is 0 Å². The van der Waals surface area contributed by atoms with Crippen LogP contribution in [-0.4, -0.2) is 56.3 Å². The summed E-state index contributed by atoms with van der Waals surface area (Å²) in [6.45, 7) is 29.3. The second kappa shape index (κ2) is 14.1. The minimum absolute atomic E-state index is 0.0754. The lowest BCUT2D eigenvalue weighted by Gasteiger charge is -2.66. The highest BCUT2D eigenvalue weighted by Crippen LogP contribution is 2.70. The first-order valence-electron chi connectivity index (χ1n) is 19.0. The van der Waals surface area contributed by atoms with Gasteiger partial charge in [0, 0.05) is 18.6 Å². The highest BCUT2D eigenvalue weighted by atomic mass is 28.4. The molecule has 4 saturated carbocycles. The number of ether oxygens (including phenoxy) is 1. The second-order valence-corrected chi connectivity index (χ2v) is 31.6. The molecule has 0 aliphatic heterocycles. The number of rotatable bonds is 13. The van der Waals surface area contributed by atoms with Crippen LogP contribution < -0.4 is 0 Å². The summed E-state index contributed by atoms with van der Waals surface area (Å²) in [5.74, 6) is 3.45. The maximum absolute atomic E-state index is 12.2. The Balaban J connectivity index is 1.74. The lowest BCUT2D eigenvalue weighted by molar-refractivity contribution is -0.199. The molecule has 0 saturated heterocycles. The van der Waals surface area contributed by atoms with E-state index in [2.05, 4.69) is 80.8 Å². The van der Waals surface area contributed by atoms with Gasteiger partial charge in [0.25, 0.3) is 0 Å². The van der Waals surface area contributed by atoms with Crippen molar-refractivity contribution in [1.82, 2.24) is 0 Å². The summed E-state index contributed by atoms with van der Waals surface area (Å²) in [6.07, 6.45) is 11.1. The maximum atomic E-state index is 12.2. The van der Waals surface area contributed by atoms with Gasteiger partial charge in [-0.05, 0) is 155 Å². The minimum atomic E-state index is -1.82. The van der Waals surface area contributed by atoms with E-state index in [4.69, 9.17) is 18.0 Å². The van der Waals surface area contributed by atoms with E-state index in [1.807, 2.05) is 0 Å². The first-order chi connectivity index (χ1) is 20.9. The molecule has 0 aromatic rings. The molecule has 0 spiro atoms. The standard InChI is InChI=1S/C37H72O5Si3/c1-14-43(8,9)40-28-21-22-36(5)27(23-28)24-32(41-44(10,11)15-2)35-30-19-18-29(26(4)17-20-34(38)39-7)37(30,6)33(25-31(35)36)42-45(12,13)16-3/h26-33,35H,14-25H2,1-13H3/t26-,27+,28+,29-,30+,31+,32-,33+,35+,36+,37-/m1/s1. The molecule has 4 aliphatic rings. The fourth-order valence-corrected chi connectivity index (χ4v) is 14.4. The fourth-order valence-electron chi connectivity index (χ4n) is 10.6. The molecule has 4 rings (SSSR count). The van der Waals surface area contributed by atoms with Crippen molar-refractivity contribution in [2.24, 2.45) is 46.3 Å². The van der Waals surface area contributed by atoms with Crippen LogP contribution in [0.4, 0.5) is 0 Å². The van der Waals surface area contributed by atoms with Crippen LogP contribution in [0.1, 0.15) is 99.3 Å². The van der Waals surface area contributed by atoms with Gasteiger partial charge in [-0.25, -0.2) is 0 Å². The Morgan fingerprint density at radius 1 is 0.800 bits per heavy atom. The van der Waals surface area contributed by atoms with Crippen LogP contribution in [-0.2, 0) is 22.8 Å². The zero-order valence-electron chi connectivity index (χ0n) is 31.7. The van der Waals surface area contributed by atoms with Crippen molar-refractivity contribution < 1.29 is 22.8 Å². The molecular weight excluding hydrogens is 609 g/mol. The summed E-state index contributed by atoms with van der Waals surface area (Å²) in [5.41, 5.74) is 0.422. The molecule has 0 amide bonds. The first-order valence-corrected chi connectivity index (χ1v) is 28.3. The third-order valence-corrected chi connectivity index (χ3v) is 22.4. The Labute approximate surface area is 281 Å². The van der Waals surface area contributed by atoms with Gasteiger partial charge < -0.3 is 18.0 Å². The fraction of sp³-hybridized carbons (Fsp3) is 0.973. The predicted molar refractivity (Wildman–Crippen MR) is 195 cm³/mol. The van der Waals surface area contributed by atoms with Gasteiger partial charge in [0.05, 0.1) is 13.2 Å². The average Bonchev–Trinajstić information content (AvgIpc) is 3.34. The molecule has 262 valence electrons. The SMILES string of the molecule is CC[Si](C)(C)O[C@H]1CC[C@@]2(C)[C@@H](C1)C[C@@H](O[Si](C)(C)CC)[C@@H]1[C@@H]2C[C@H](O[Si](C)(C)CC)[C@]2(C)[C@@H]([C@H](C)CCC(=O)OC)CC[C@@H]12. The largest absolute Gasteiger partial charge is 0.469 e. The third kappa shape index (κ3) is 7.76. The van der Waals surface area contributed by atoms with Crippen LogP contribution in [0.2, 0.25) is 57.4 Å². The van der Waals surface area contributed by atoms with Crippen LogP contribution in [0.15, 0.2) is 0 Å². The molecule has 0 N–H and O–H groups in total. The summed E-state index contributed by atoms with van der Waals surface area (Å²) in [5, 5.41) is 0. The van der Waals surface area contributed by atoms with E-state index >= 15 is 0 Å². The average molecular weight is 681 g/mol. The molecular formula is C37H72O5Si3. The highest BCUT2D eigenvalue weighted by Gasteiger charge is 2.67. The van der Waals surface area contributed by atoms with Gasteiger partial charge in [-0.2, -0.15) is 0 Å². The van der Waals surface area contributed by atoms with Crippen molar-refractivity contribution >= 4 is 30.9 Å². The smallest absolute Gasteiger partial charge is 0.305 e. The Hall–Kier alpha value is 0.000649. The van der Waals surface area contributed by atoms with Crippen molar-refractivity contribution in [3.63, 3.8) is 0 Å². The van der Waals surface area contributed by atoms with Crippen molar-refractivity contribution in [3.05, 3.63) is 0 Å². The normalized spacial score (nSPS) is 39.5. The summed E-state index contributed by atoms with van der Waals surface area (Å²) in [4.78, 5) is 12.2. The quantitative estimate of drug-likeness (QED) is 0.143. The minimum Gasteiger partial charge on any atom is -0.469 e. The van der Waals surface area contributed by atoms with Crippen LogP contribution >= 0.6 is 0 Å². The molecule has 0 bridgehead atoms. The van der Waals surface area contributed by atoms with E-state index < -0.39 is 25.0 Å². The molecule has 4 fully saturated rings. The molecule has 11 atom stereocenters. The van der Waals surface area contributed by atoms with Crippen LogP contribution in [0, 0.1) is 46.3 Å². The monoisotopic (exact) mass is 680 g/mol. The number of esters is 1. The molecule has 0 unspecified atom stereocenters. The molecule has 4 aliphatic carbocycles. The molecule has 0 heterocycles. The van der Waals surface area contributed by atoms with Crippen molar-refractivity contribution in [2.75, 3.05) is 7.11 Å². The van der Waals surface area contributed by atoms with E-state index in [1.54, 1.807) is 0 Å². The van der Waals surface area contributed by atoms with E-state index in [0.717, 1.165) is 12.5 Å². The van der Waals surface area contributed by atoms with Crippen LogP contribution in [0.25, 0.3) is 0 Å². The van der Waals surface area contributed by atoms with Gasteiger partial charge in [0.2, 0.25) is 0 Å². The second-order valence-electron chi connectivity index (χ2n) is 18.2. The summed E-state index contributed by atoms with van der Waals surface area (Å²) < 4.78 is 27.0. The van der Waals surface area contributed by atoms with Gasteiger partial charge in [-0.1, -0.05) is 41.5 Å². The lowest BCUT2D eigenvalue weighted by atomic mass is 9.43. The Bertz CT molecular complexity index is 1020. The summed E-state index contributed by atoms with van der Waals surface area (Å²) >= 11 is 0. The van der Waals surface area contributed by atoms with E-state index in [9.17, 15) is 4.79 Å². The van der Waals surface area contributed by atoms with E-state index in [0.29, 0.717) is 59.6 Å². The maximum Gasteiger partial charge on any atom is 0.305 e. The summed E-state index contributed by atoms with van der Waals surface area (Å²) in [6, 6.07) is 3.51.